The maximum Gasteiger partial charge on any atom is 0.375 e. The fourth-order valence-corrected chi connectivity index (χ4v) is 2.89. The van der Waals surface area contributed by atoms with Crippen LogP contribution in [0, 0.1) is 6.92 Å². The van der Waals surface area contributed by atoms with Crippen LogP contribution in [0.4, 0.5) is 0 Å². The third kappa shape index (κ3) is 4.62. The fraction of sp³-hybridized carbons (Fsp3) is 0.684. The smallest absolute Gasteiger partial charge is 0.375 e. The lowest BCUT2D eigenvalue weighted by molar-refractivity contribution is -0.130. The van der Waals surface area contributed by atoms with Crippen LogP contribution in [0.15, 0.2) is 10.5 Å². The highest BCUT2D eigenvalue weighted by molar-refractivity contribution is 5.91. The van der Waals surface area contributed by atoms with E-state index in [9.17, 15) is 9.59 Å². The first kappa shape index (κ1) is 18.6. The van der Waals surface area contributed by atoms with E-state index in [2.05, 4.69) is 5.32 Å². The van der Waals surface area contributed by atoms with Gasteiger partial charge in [0.1, 0.15) is 5.76 Å². The van der Waals surface area contributed by atoms with Crippen molar-refractivity contribution >= 4 is 11.9 Å². The molecule has 1 aromatic rings. The van der Waals surface area contributed by atoms with Gasteiger partial charge in [0.2, 0.25) is 5.76 Å². The predicted octanol–water partition coefficient (Wildman–Crippen LogP) is 3.88. The van der Waals surface area contributed by atoms with E-state index in [4.69, 9.17) is 9.15 Å². The van der Waals surface area contributed by atoms with Crippen molar-refractivity contribution in [3.8, 4) is 0 Å². The number of hydrogen-bond donors (Lipinski definition) is 1. The van der Waals surface area contributed by atoms with E-state index in [-0.39, 0.29) is 23.1 Å². The summed E-state index contributed by atoms with van der Waals surface area (Å²) < 4.78 is 11.0. The fourth-order valence-electron chi connectivity index (χ4n) is 2.89. The van der Waals surface area contributed by atoms with Gasteiger partial charge in [0, 0.05) is 17.0 Å². The summed E-state index contributed by atoms with van der Waals surface area (Å²) in [6.45, 7) is 9.45. The van der Waals surface area contributed by atoms with Crippen LogP contribution in [-0.4, -0.2) is 24.0 Å². The molecule has 1 N–H and O–H groups in total. The van der Waals surface area contributed by atoms with Crippen molar-refractivity contribution < 1.29 is 18.7 Å². The van der Waals surface area contributed by atoms with Crippen molar-refractivity contribution in [2.75, 3.05) is 0 Å². The summed E-state index contributed by atoms with van der Waals surface area (Å²) in [5, 5.41) is 2.97. The molecule has 2 rings (SSSR count). The Morgan fingerprint density at radius 1 is 1.25 bits per heavy atom. The average Bonchev–Trinajstić information content (AvgIpc) is 2.90. The Balaban J connectivity index is 1.95. The Morgan fingerprint density at radius 3 is 2.42 bits per heavy atom. The molecule has 5 nitrogen and oxygen atoms in total. The minimum atomic E-state index is -0.831. The van der Waals surface area contributed by atoms with Gasteiger partial charge >= 0.3 is 5.97 Å². The molecule has 0 unspecified atom stereocenters. The van der Waals surface area contributed by atoms with E-state index in [1.807, 2.05) is 33.8 Å². The number of carbonyl (C=O) groups is 2. The molecule has 134 valence electrons. The highest BCUT2D eigenvalue weighted by Crippen LogP contribution is 2.27. The normalized spacial score (nSPS) is 17.4. The molecule has 0 saturated heterocycles. The van der Waals surface area contributed by atoms with Crippen LogP contribution in [0.5, 0.6) is 0 Å². The monoisotopic (exact) mass is 335 g/mol. The molecule has 1 aliphatic rings. The Morgan fingerprint density at radius 2 is 1.88 bits per heavy atom. The lowest BCUT2D eigenvalue weighted by Crippen LogP contribution is -2.42. The molecule has 0 bridgehead atoms. The summed E-state index contributed by atoms with van der Waals surface area (Å²) in [6.07, 6.45) is 4.67. The van der Waals surface area contributed by atoms with Gasteiger partial charge in [-0.05, 0) is 32.8 Å². The maximum absolute atomic E-state index is 12.3. The van der Waals surface area contributed by atoms with Gasteiger partial charge in [-0.15, -0.1) is 0 Å². The predicted molar refractivity (Wildman–Crippen MR) is 92.0 cm³/mol. The van der Waals surface area contributed by atoms with Crippen LogP contribution < -0.4 is 5.32 Å². The van der Waals surface area contributed by atoms with Gasteiger partial charge in [-0.2, -0.15) is 0 Å². The Bertz CT molecular complexity index is 591. The van der Waals surface area contributed by atoms with Gasteiger partial charge in [-0.3, -0.25) is 4.79 Å². The SMILES string of the molecule is Cc1cc(C(C)(C)C)oc1C(=O)O[C@H](C)C(=O)NC1CCCCC1. The number of rotatable bonds is 4. The Labute approximate surface area is 144 Å². The summed E-state index contributed by atoms with van der Waals surface area (Å²) in [5.74, 6) is 0.0771. The van der Waals surface area contributed by atoms with Crippen molar-refractivity contribution in [3.05, 3.63) is 23.2 Å². The molecule has 0 aliphatic heterocycles. The second kappa shape index (κ2) is 7.41. The molecule has 5 heteroatoms. The highest BCUT2D eigenvalue weighted by atomic mass is 16.6. The van der Waals surface area contributed by atoms with Crippen LogP contribution >= 0.6 is 0 Å². The zero-order valence-corrected chi connectivity index (χ0v) is 15.4. The second-order valence-corrected chi connectivity index (χ2v) is 7.76. The van der Waals surface area contributed by atoms with Crippen molar-refractivity contribution in [2.24, 2.45) is 0 Å². The van der Waals surface area contributed by atoms with E-state index in [0.717, 1.165) is 37.0 Å². The largest absolute Gasteiger partial charge is 0.453 e. The van der Waals surface area contributed by atoms with Gasteiger partial charge in [0.05, 0.1) is 0 Å². The van der Waals surface area contributed by atoms with Crippen molar-refractivity contribution in [2.45, 2.75) is 84.3 Å². The molecule has 0 spiro atoms. The number of carbonyl (C=O) groups excluding carboxylic acids is 2. The third-order valence-electron chi connectivity index (χ3n) is 4.45. The summed E-state index contributed by atoms with van der Waals surface area (Å²) >= 11 is 0. The molecular weight excluding hydrogens is 306 g/mol. The first-order chi connectivity index (χ1) is 11.2. The number of ether oxygens (including phenoxy) is 1. The molecule has 1 aromatic heterocycles. The van der Waals surface area contributed by atoms with Crippen LogP contribution in [0.2, 0.25) is 0 Å². The minimum Gasteiger partial charge on any atom is -0.453 e. The standard InChI is InChI=1S/C19H29NO4/c1-12-11-15(19(3,4)5)24-16(12)18(22)23-13(2)17(21)20-14-9-7-6-8-10-14/h11,13-14H,6-10H2,1-5H3,(H,20,21)/t13-/m1/s1. The lowest BCUT2D eigenvalue weighted by atomic mass is 9.93. The number of nitrogens with one attached hydrogen (secondary N) is 1. The van der Waals surface area contributed by atoms with Crippen LogP contribution in [0.3, 0.4) is 0 Å². The van der Waals surface area contributed by atoms with Gasteiger partial charge in [-0.1, -0.05) is 40.0 Å². The Kier molecular flexibility index (Phi) is 5.73. The summed E-state index contributed by atoms with van der Waals surface area (Å²) in [4.78, 5) is 24.5. The average molecular weight is 335 g/mol. The number of esters is 1. The van der Waals surface area contributed by atoms with Gasteiger partial charge in [-0.25, -0.2) is 4.79 Å². The zero-order chi connectivity index (χ0) is 17.9. The molecule has 1 saturated carbocycles. The zero-order valence-electron chi connectivity index (χ0n) is 15.4. The van der Waals surface area contributed by atoms with Crippen LogP contribution in [0.1, 0.15) is 81.7 Å². The number of amides is 1. The van der Waals surface area contributed by atoms with Crippen molar-refractivity contribution in [3.63, 3.8) is 0 Å². The van der Waals surface area contributed by atoms with E-state index < -0.39 is 12.1 Å². The van der Waals surface area contributed by atoms with E-state index in [0.29, 0.717) is 0 Å². The van der Waals surface area contributed by atoms with Gasteiger partial charge < -0.3 is 14.5 Å². The van der Waals surface area contributed by atoms with Crippen LogP contribution in [0.25, 0.3) is 0 Å². The molecule has 1 aliphatic carbocycles. The van der Waals surface area contributed by atoms with Crippen molar-refractivity contribution in [1.29, 1.82) is 0 Å². The topological polar surface area (TPSA) is 68.5 Å². The summed E-state index contributed by atoms with van der Waals surface area (Å²) in [5.41, 5.74) is 0.539. The van der Waals surface area contributed by atoms with E-state index in [1.54, 1.807) is 6.92 Å². The molecule has 0 aromatic carbocycles. The van der Waals surface area contributed by atoms with E-state index in [1.165, 1.54) is 6.42 Å². The summed E-state index contributed by atoms with van der Waals surface area (Å²) in [7, 11) is 0. The second-order valence-electron chi connectivity index (χ2n) is 7.76. The molecule has 1 atom stereocenters. The van der Waals surface area contributed by atoms with Gasteiger partial charge in [0.15, 0.2) is 6.10 Å². The molecule has 1 heterocycles. The third-order valence-corrected chi connectivity index (χ3v) is 4.45. The van der Waals surface area contributed by atoms with Crippen molar-refractivity contribution in [1.82, 2.24) is 5.32 Å². The quantitative estimate of drug-likeness (QED) is 0.848. The van der Waals surface area contributed by atoms with Gasteiger partial charge in [0.25, 0.3) is 5.91 Å². The van der Waals surface area contributed by atoms with E-state index >= 15 is 0 Å². The summed E-state index contributed by atoms with van der Waals surface area (Å²) in [6, 6.07) is 2.05. The molecular formula is C19H29NO4. The number of aryl methyl sites for hydroxylation is 1. The number of furan rings is 1. The first-order valence-corrected chi connectivity index (χ1v) is 8.80. The minimum absolute atomic E-state index is 0.178. The van der Waals surface area contributed by atoms with Crippen LogP contribution in [-0.2, 0) is 14.9 Å². The number of hydrogen-bond acceptors (Lipinski definition) is 4. The maximum atomic E-state index is 12.3. The Hall–Kier alpha value is -1.78. The lowest BCUT2D eigenvalue weighted by Gasteiger charge is -2.24. The highest BCUT2D eigenvalue weighted by Gasteiger charge is 2.27. The molecule has 0 radical (unpaired) electrons. The molecule has 1 fully saturated rings. The molecule has 24 heavy (non-hydrogen) atoms. The molecule has 1 amide bonds. The first-order valence-electron chi connectivity index (χ1n) is 8.80.